The molecule has 0 saturated heterocycles. The van der Waals surface area contributed by atoms with Gasteiger partial charge < -0.3 is 10.1 Å². The van der Waals surface area contributed by atoms with Gasteiger partial charge in [-0.15, -0.1) is 0 Å². The predicted octanol–water partition coefficient (Wildman–Crippen LogP) is 1.89. The van der Waals surface area contributed by atoms with Crippen LogP contribution in [0, 0.1) is 5.92 Å². The largest absolute Gasteiger partial charge is 0.376 e. The highest BCUT2D eigenvalue weighted by atomic mass is 16.5. The van der Waals surface area contributed by atoms with Crippen molar-refractivity contribution < 1.29 is 4.74 Å². The lowest BCUT2D eigenvalue weighted by molar-refractivity contribution is 0.0170. The monoisotopic (exact) mass is 237 g/mol. The maximum atomic E-state index is 5.96. The second-order valence-electron chi connectivity index (χ2n) is 4.67. The van der Waals surface area contributed by atoms with E-state index in [1.54, 1.807) is 0 Å². The summed E-state index contributed by atoms with van der Waals surface area (Å²) in [7, 11) is 2.00. The van der Waals surface area contributed by atoms with Crippen LogP contribution in [0.15, 0.2) is 12.3 Å². The van der Waals surface area contributed by atoms with Gasteiger partial charge in [-0.2, -0.15) is 5.10 Å². The van der Waals surface area contributed by atoms with Gasteiger partial charge in [0.05, 0.1) is 17.8 Å². The van der Waals surface area contributed by atoms with Crippen molar-refractivity contribution >= 4 is 0 Å². The molecule has 1 aromatic heterocycles. The van der Waals surface area contributed by atoms with Crippen LogP contribution in [-0.4, -0.2) is 29.0 Å². The van der Waals surface area contributed by atoms with E-state index < -0.39 is 0 Å². The number of rotatable bonds is 7. The van der Waals surface area contributed by atoms with Crippen molar-refractivity contribution in [1.29, 1.82) is 0 Å². The van der Waals surface area contributed by atoms with Crippen LogP contribution in [0.25, 0.3) is 0 Å². The highest BCUT2D eigenvalue weighted by Crippen LogP contribution is 2.39. The minimum atomic E-state index is 0.264. The number of likely N-dealkylation sites (N-methyl/N-ethyl adjacent to an activating group) is 1. The summed E-state index contributed by atoms with van der Waals surface area (Å²) in [6.45, 7) is 5.94. The third-order valence-corrected chi connectivity index (χ3v) is 3.38. The van der Waals surface area contributed by atoms with E-state index >= 15 is 0 Å². The minimum Gasteiger partial charge on any atom is -0.376 e. The Kier molecular flexibility index (Phi) is 4.18. The van der Waals surface area contributed by atoms with Crippen molar-refractivity contribution in [3.05, 3.63) is 18.0 Å². The molecule has 0 aliphatic heterocycles. The maximum Gasteiger partial charge on any atom is 0.0812 e. The van der Waals surface area contributed by atoms with Crippen molar-refractivity contribution in [1.82, 2.24) is 15.1 Å². The van der Waals surface area contributed by atoms with Crippen molar-refractivity contribution in [2.24, 2.45) is 13.0 Å². The van der Waals surface area contributed by atoms with Gasteiger partial charge in [0, 0.05) is 19.9 Å². The highest BCUT2D eigenvalue weighted by molar-refractivity contribution is 5.11. The minimum absolute atomic E-state index is 0.264. The van der Waals surface area contributed by atoms with Crippen molar-refractivity contribution in [2.75, 3.05) is 13.2 Å². The fourth-order valence-corrected chi connectivity index (χ4v) is 2.42. The van der Waals surface area contributed by atoms with Gasteiger partial charge in [-0.1, -0.05) is 6.92 Å². The van der Waals surface area contributed by atoms with Crippen LogP contribution < -0.4 is 5.32 Å². The third-order valence-electron chi connectivity index (χ3n) is 3.38. The predicted molar refractivity (Wildman–Crippen MR) is 67.8 cm³/mol. The summed E-state index contributed by atoms with van der Waals surface area (Å²) in [4.78, 5) is 0. The molecule has 2 atom stereocenters. The molecule has 0 radical (unpaired) electrons. The number of nitrogens with zero attached hydrogens (tertiary/aromatic N) is 2. The van der Waals surface area contributed by atoms with E-state index in [0.29, 0.717) is 5.92 Å². The Labute approximate surface area is 103 Å². The van der Waals surface area contributed by atoms with Crippen molar-refractivity contribution in [3.63, 3.8) is 0 Å². The number of aryl methyl sites for hydroxylation is 1. The van der Waals surface area contributed by atoms with Crippen molar-refractivity contribution in [3.8, 4) is 0 Å². The van der Waals surface area contributed by atoms with E-state index in [-0.39, 0.29) is 12.1 Å². The number of hydrogen-bond acceptors (Lipinski definition) is 3. The van der Waals surface area contributed by atoms with E-state index in [0.717, 1.165) is 13.2 Å². The topological polar surface area (TPSA) is 39.1 Å². The van der Waals surface area contributed by atoms with Gasteiger partial charge in [0.2, 0.25) is 0 Å². The van der Waals surface area contributed by atoms with Gasteiger partial charge in [-0.3, -0.25) is 4.68 Å². The zero-order valence-electron chi connectivity index (χ0n) is 11.0. The van der Waals surface area contributed by atoms with Crippen LogP contribution in [0.3, 0.4) is 0 Å². The molecule has 0 bridgehead atoms. The van der Waals surface area contributed by atoms with Crippen LogP contribution in [0.2, 0.25) is 0 Å². The molecule has 0 spiro atoms. The summed E-state index contributed by atoms with van der Waals surface area (Å²) in [6.07, 6.45) is 4.74. The number of aromatic nitrogens is 2. The molecule has 2 unspecified atom stereocenters. The molecule has 1 aromatic rings. The van der Waals surface area contributed by atoms with E-state index in [2.05, 4.69) is 30.3 Å². The second-order valence-corrected chi connectivity index (χ2v) is 4.67. The summed E-state index contributed by atoms with van der Waals surface area (Å²) in [5, 5.41) is 7.81. The Morgan fingerprint density at radius 1 is 1.53 bits per heavy atom. The summed E-state index contributed by atoms with van der Waals surface area (Å²) in [6, 6.07) is 2.35. The van der Waals surface area contributed by atoms with Gasteiger partial charge in [0.15, 0.2) is 0 Å². The Balaban J connectivity index is 2.17. The highest BCUT2D eigenvalue weighted by Gasteiger charge is 2.38. The average Bonchev–Trinajstić information content (AvgIpc) is 3.07. The van der Waals surface area contributed by atoms with E-state index in [1.807, 2.05) is 17.9 Å². The summed E-state index contributed by atoms with van der Waals surface area (Å²) in [5.74, 6) is 0.717. The van der Waals surface area contributed by atoms with Crippen LogP contribution in [0.5, 0.6) is 0 Å². The van der Waals surface area contributed by atoms with Gasteiger partial charge >= 0.3 is 0 Å². The molecule has 1 fully saturated rings. The molecule has 1 heterocycles. The molecule has 2 rings (SSSR count). The first-order valence-corrected chi connectivity index (χ1v) is 6.60. The zero-order chi connectivity index (χ0) is 12.3. The van der Waals surface area contributed by atoms with Crippen molar-refractivity contribution in [2.45, 2.75) is 38.8 Å². The normalized spacial score (nSPS) is 19.2. The van der Waals surface area contributed by atoms with E-state index in [4.69, 9.17) is 4.74 Å². The maximum absolute atomic E-state index is 5.96. The standard InChI is InChI=1S/C13H23N3O/c1-4-14-12(11-8-9-15-16(11)3)13(17-5-2)10-6-7-10/h8-10,12-14H,4-7H2,1-3H3. The lowest BCUT2D eigenvalue weighted by Gasteiger charge is -2.28. The average molecular weight is 237 g/mol. The van der Waals surface area contributed by atoms with Gasteiger partial charge in [-0.05, 0) is 38.3 Å². The molecule has 0 amide bonds. The Hall–Kier alpha value is -0.870. The molecular weight excluding hydrogens is 214 g/mol. The van der Waals surface area contributed by atoms with Crippen LogP contribution in [-0.2, 0) is 11.8 Å². The number of ether oxygens (including phenoxy) is 1. The molecule has 0 aromatic carbocycles. The van der Waals surface area contributed by atoms with Gasteiger partial charge in [0.1, 0.15) is 0 Å². The zero-order valence-corrected chi connectivity index (χ0v) is 11.0. The summed E-state index contributed by atoms with van der Waals surface area (Å²) < 4.78 is 7.90. The molecule has 96 valence electrons. The molecule has 1 aliphatic rings. The van der Waals surface area contributed by atoms with Gasteiger partial charge in [0.25, 0.3) is 0 Å². The Bertz CT molecular complexity index is 346. The quantitative estimate of drug-likeness (QED) is 0.787. The molecule has 1 aliphatic carbocycles. The summed E-state index contributed by atoms with van der Waals surface area (Å²) >= 11 is 0. The second kappa shape index (κ2) is 5.65. The molecular formula is C13H23N3O. The van der Waals surface area contributed by atoms with Crippen LogP contribution in [0.1, 0.15) is 38.4 Å². The third kappa shape index (κ3) is 2.87. The Morgan fingerprint density at radius 3 is 2.76 bits per heavy atom. The van der Waals surface area contributed by atoms with E-state index in [9.17, 15) is 0 Å². The van der Waals surface area contributed by atoms with Gasteiger partial charge in [-0.25, -0.2) is 0 Å². The first-order chi connectivity index (χ1) is 8.27. The smallest absolute Gasteiger partial charge is 0.0812 e. The molecule has 4 nitrogen and oxygen atoms in total. The number of hydrogen-bond donors (Lipinski definition) is 1. The first-order valence-electron chi connectivity index (χ1n) is 6.60. The Morgan fingerprint density at radius 2 is 2.29 bits per heavy atom. The molecule has 4 heteroatoms. The van der Waals surface area contributed by atoms with E-state index in [1.165, 1.54) is 18.5 Å². The fraction of sp³-hybridized carbons (Fsp3) is 0.769. The molecule has 17 heavy (non-hydrogen) atoms. The SMILES string of the molecule is CCNC(c1ccnn1C)C(OCC)C1CC1. The van der Waals surface area contributed by atoms with Crippen LogP contribution >= 0.6 is 0 Å². The van der Waals surface area contributed by atoms with Crippen LogP contribution in [0.4, 0.5) is 0 Å². The molecule has 1 saturated carbocycles. The fourth-order valence-electron chi connectivity index (χ4n) is 2.42. The lowest BCUT2D eigenvalue weighted by Crippen LogP contribution is -2.36. The lowest BCUT2D eigenvalue weighted by atomic mass is 10.0. The first kappa shape index (κ1) is 12.6. The molecule has 1 N–H and O–H groups in total. The number of nitrogens with one attached hydrogen (secondary N) is 1. The summed E-state index contributed by atoms with van der Waals surface area (Å²) in [5.41, 5.74) is 1.22.